The first-order valence-corrected chi connectivity index (χ1v) is 14.0. The highest BCUT2D eigenvalue weighted by Gasteiger charge is 2.31. The molecule has 1 saturated heterocycles. The molecule has 3 aromatic rings. The largest absolute Gasteiger partial charge is 0.478 e. The summed E-state index contributed by atoms with van der Waals surface area (Å²) in [5, 5.41) is 11.0. The summed E-state index contributed by atoms with van der Waals surface area (Å²) < 4.78 is 2.46. The van der Waals surface area contributed by atoms with E-state index in [1.54, 1.807) is 6.07 Å². The maximum Gasteiger partial charge on any atom is 0.335 e. The molecule has 3 aliphatic rings. The van der Waals surface area contributed by atoms with Crippen LogP contribution < -0.4 is 4.90 Å². The zero-order valence-electron chi connectivity index (χ0n) is 21.8. The van der Waals surface area contributed by atoms with E-state index in [0.717, 1.165) is 25.2 Å². The molecule has 36 heavy (non-hydrogen) atoms. The second kappa shape index (κ2) is 9.59. The van der Waals surface area contributed by atoms with Crippen molar-refractivity contribution in [2.45, 2.75) is 76.8 Å². The molecule has 0 spiro atoms. The van der Waals surface area contributed by atoms with Gasteiger partial charge in [0.15, 0.2) is 0 Å². The van der Waals surface area contributed by atoms with Crippen LogP contribution in [0.15, 0.2) is 36.4 Å². The lowest BCUT2D eigenvalue weighted by molar-refractivity contribution is 0.0697. The Balaban J connectivity index is 1.50. The summed E-state index contributed by atoms with van der Waals surface area (Å²) in [6, 6.07) is 13.5. The Morgan fingerprint density at radius 2 is 1.81 bits per heavy atom. The quantitative estimate of drug-likeness (QED) is 0.439. The lowest BCUT2D eigenvalue weighted by atomic mass is 9.81. The van der Waals surface area contributed by atoms with Gasteiger partial charge in [0.2, 0.25) is 0 Å². The van der Waals surface area contributed by atoms with Crippen molar-refractivity contribution in [3.05, 3.63) is 53.1 Å². The fourth-order valence-corrected chi connectivity index (χ4v) is 7.16. The smallest absolute Gasteiger partial charge is 0.335 e. The molecule has 1 unspecified atom stereocenters. The molecule has 2 aromatic carbocycles. The van der Waals surface area contributed by atoms with Gasteiger partial charge in [0.05, 0.1) is 11.3 Å². The topological polar surface area (TPSA) is 48.7 Å². The van der Waals surface area contributed by atoms with Crippen LogP contribution in [0.2, 0.25) is 0 Å². The molecule has 0 bridgehead atoms. The van der Waals surface area contributed by atoms with Gasteiger partial charge in [-0.3, -0.25) is 0 Å². The zero-order valence-corrected chi connectivity index (χ0v) is 21.8. The van der Waals surface area contributed by atoms with E-state index in [0.29, 0.717) is 17.5 Å². The number of aryl methyl sites for hydroxylation is 1. The number of hydrogen-bond donors (Lipinski definition) is 1. The van der Waals surface area contributed by atoms with Gasteiger partial charge in [0.1, 0.15) is 0 Å². The van der Waals surface area contributed by atoms with Gasteiger partial charge >= 0.3 is 5.97 Å². The summed E-state index contributed by atoms with van der Waals surface area (Å²) in [5.74, 6) is -0.306. The van der Waals surface area contributed by atoms with Crippen molar-refractivity contribution in [1.29, 1.82) is 0 Å². The molecule has 0 amide bonds. The van der Waals surface area contributed by atoms with E-state index < -0.39 is 5.97 Å². The number of benzene rings is 2. The number of aromatic nitrogens is 1. The summed E-state index contributed by atoms with van der Waals surface area (Å²) in [6.45, 7) is 6.31. The van der Waals surface area contributed by atoms with Gasteiger partial charge in [-0.25, -0.2) is 4.79 Å². The lowest BCUT2D eigenvalue weighted by Gasteiger charge is -2.29. The second-order valence-electron chi connectivity index (χ2n) is 11.4. The Hall–Kier alpha value is -2.79. The molecule has 3 heterocycles. The van der Waals surface area contributed by atoms with E-state index >= 15 is 0 Å². The molecule has 1 saturated carbocycles. The van der Waals surface area contributed by atoms with Gasteiger partial charge in [0, 0.05) is 47.8 Å². The molecule has 1 N–H and O–H groups in total. The summed E-state index contributed by atoms with van der Waals surface area (Å²) in [7, 11) is 2.27. The highest BCUT2D eigenvalue weighted by atomic mass is 16.4. The van der Waals surface area contributed by atoms with E-state index in [1.165, 1.54) is 91.4 Å². The van der Waals surface area contributed by atoms with Crippen molar-refractivity contribution >= 4 is 22.6 Å². The van der Waals surface area contributed by atoms with Crippen LogP contribution in [0.1, 0.15) is 78.8 Å². The number of likely N-dealkylation sites (tertiary alicyclic amines) is 1. The molecule has 2 aliphatic heterocycles. The molecule has 5 heteroatoms. The van der Waals surface area contributed by atoms with Crippen molar-refractivity contribution in [1.82, 2.24) is 9.47 Å². The molecule has 5 nitrogen and oxygen atoms in total. The molecule has 2 fully saturated rings. The Morgan fingerprint density at radius 1 is 0.972 bits per heavy atom. The number of aromatic carboxylic acids is 1. The Bertz CT molecular complexity index is 1290. The molecule has 1 aromatic heterocycles. The standard InChI is InChI=1S/C31H39N3O2/c1-21-10-12-26-27(19-21)33(16-14-24-9-6-15-32(24)2)17-18-34-28-20-23(31(35)36)11-13-25(28)29(30(26)34)22-7-4-3-5-8-22/h10-13,19-20,22,24H,3-9,14-18H2,1-2H3,(H,35,36). The highest BCUT2D eigenvalue weighted by molar-refractivity contribution is 5.99. The average Bonchev–Trinajstić information content (AvgIpc) is 3.40. The van der Waals surface area contributed by atoms with Crippen LogP contribution in [0.5, 0.6) is 0 Å². The van der Waals surface area contributed by atoms with E-state index in [2.05, 4.69) is 52.6 Å². The third-order valence-corrected chi connectivity index (χ3v) is 9.11. The van der Waals surface area contributed by atoms with Gasteiger partial charge < -0.3 is 19.5 Å². The number of hydrogen-bond acceptors (Lipinski definition) is 3. The predicted molar refractivity (Wildman–Crippen MR) is 147 cm³/mol. The van der Waals surface area contributed by atoms with E-state index in [-0.39, 0.29) is 0 Å². The molecule has 0 radical (unpaired) electrons. The second-order valence-corrected chi connectivity index (χ2v) is 11.4. The van der Waals surface area contributed by atoms with E-state index in [1.807, 2.05) is 6.07 Å². The van der Waals surface area contributed by atoms with Crippen LogP contribution in [0, 0.1) is 6.92 Å². The minimum absolute atomic E-state index is 0.382. The number of fused-ring (bicyclic) bond motifs is 5. The minimum Gasteiger partial charge on any atom is -0.478 e. The monoisotopic (exact) mass is 485 g/mol. The summed E-state index contributed by atoms with van der Waals surface area (Å²) in [5.41, 5.74) is 8.26. The summed E-state index contributed by atoms with van der Waals surface area (Å²) in [6.07, 6.45) is 10.2. The number of anilines is 1. The van der Waals surface area contributed by atoms with Crippen molar-refractivity contribution in [3.63, 3.8) is 0 Å². The SMILES string of the molecule is Cc1ccc2c(c1)N(CCC1CCCN1C)CCn1c-2c(C2CCCCC2)c2ccc(C(=O)O)cc21. The van der Waals surface area contributed by atoms with Crippen LogP contribution in [-0.2, 0) is 6.54 Å². The van der Waals surface area contributed by atoms with Crippen LogP contribution in [-0.4, -0.2) is 53.3 Å². The van der Waals surface area contributed by atoms with Gasteiger partial charge in [0.25, 0.3) is 0 Å². The van der Waals surface area contributed by atoms with Gasteiger partial charge in [-0.2, -0.15) is 0 Å². The summed E-state index contributed by atoms with van der Waals surface area (Å²) >= 11 is 0. The fourth-order valence-electron chi connectivity index (χ4n) is 7.16. The first-order valence-electron chi connectivity index (χ1n) is 14.0. The highest BCUT2D eigenvalue weighted by Crippen LogP contribution is 2.47. The van der Waals surface area contributed by atoms with Crippen molar-refractivity contribution in [2.75, 3.05) is 31.6 Å². The molecular formula is C31H39N3O2. The average molecular weight is 486 g/mol. The van der Waals surface area contributed by atoms with Crippen molar-refractivity contribution in [3.8, 4) is 11.3 Å². The third-order valence-electron chi connectivity index (χ3n) is 9.11. The third kappa shape index (κ3) is 4.11. The van der Waals surface area contributed by atoms with E-state index in [9.17, 15) is 9.90 Å². The number of carboxylic acid groups (broad SMARTS) is 1. The first-order chi connectivity index (χ1) is 17.5. The van der Waals surface area contributed by atoms with Crippen LogP contribution in [0.25, 0.3) is 22.2 Å². The predicted octanol–water partition coefficient (Wildman–Crippen LogP) is 6.67. The molecule has 1 atom stereocenters. The number of carbonyl (C=O) groups is 1. The normalized spacial score (nSPS) is 20.9. The minimum atomic E-state index is -0.848. The summed E-state index contributed by atoms with van der Waals surface area (Å²) in [4.78, 5) is 17.0. The van der Waals surface area contributed by atoms with Gasteiger partial charge in [-0.1, -0.05) is 37.5 Å². The first kappa shape index (κ1) is 23.6. The Labute approximate surface area is 214 Å². The molecule has 6 rings (SSSR count). The number of rotatable bonds is 5. The number of nitrogens with zero attached hydrogens (tertiary/aromatic N) is 3. The maximum absolute atomic E-state index is 11.9. The van der Waals surface area contributed by atoms with Gasteiger partial charge in [-0.15, -0.1) is 0 Å². The lowest BCUT2D eigenvalue weighted by Crippen LogP contribution is -2.33. The molecular weight excluding hydrogens is 446 g/mol. The Kier molecular flexibility index (Phi) is 6.28. The molecule has 1 aliphatic carbocycles. The number of carboxylic acids is 1. The maximum atomic E-state index is 11.9. The fraction of sp³-hybridized carbons (Fsp3) is 0.516. The van der Waals surface area contributed by atoms with Gasteiger partial charge in [-0.05, 0) is 87.9 Å². The van der Waals surface area contributed by atoms with Crippen LogP contribution in [0.3, 0.4) is 0 Å². The molecule has 190 valence electrons. The van der Waals surface area contributed by atoms with Crippen molar-refractivity contribution in [2.24, 2.45) is 0 Å². The van der Waals surface area contributed by atoms with Crippen LogP contribution in [0.4, 0.5) is 5.69 Å². The zero-order chi connectivity index (χ0) is 24.8. The van der Waals surface area contributed by atoms with E-state index in [4.69, 9.17) is 0 Å². The van der Waals surface area contributed by atoms with Crippen LogP contribution >= 0.6 is 0 Å². The van der Waals surface area contributed by atoms with Crippen molar-refractivity contribution < 1.29 is 9.90 Å². The Morgan fingerprint density at radius 3 is 2.56 bits per heavy atom.